The molecule has 39 heteroatoms. The zero-order valence-electron chi connectivity index (χ0n) is 85.8. The molecule has 11 aliphatic heterocycles. The van der Waals surface area contributed by atoms with Gasteiger partial charge in [0, 0.05) is 111 Å². The van der Waals surface area contributed by atoms with Crippen LogP contribution in [0.5, 0.6) is 0 Å². The third-order valence-electron chi connectivity index (χ3n) is 30.9. The number of rotatable bonds is 23. The van der Waals surface area contributed by atoms with Crippen LogP contribution in [0.4, 0.5) is 0 Å². The first-order chi connectivity index (χ1) is 62.1. The summed E-state index contributed by atoms with van der Waals surface area (Å²) in [7, 11) is -5.79. The summed E-state index contributed by atoms with van der Waals surface area (Å²) in [6, 6.07) is 12.9. The number of benzene rings is 2. The van der Waals surface area contributed by atoms with Gasteiger partial charge in [0.1, 0.15) is 48.5 Å². The van der Waals surface area contributed by atoms with Gasteiger partial charge in [-0.25, -0.2) is 8.42 Å². The number of halogens is 3. The Kier molecular flexibility index (Phi) is 38.7. The molecule has 0 aromatic heterocycles. The van der Waals surface area contributed by atoms with Gasteiger partial charge in [0.15, 0.2) is 45.6 Å². The molecule has 2 aromatic rings. The fourth-order valence-corrected chi connectivity index (χ4v) is 27.1. The maximum Gasteiger partial charge on any atom is 1.00 e. The number of hydrogen-bond acceptors (Lipinski definition) is 31. The van der Waals surface area contributed by atoms with Crippen LogP contribution in [-0.4, -0.2) is 291 Å². The molecule has 5 aliphatic carbocycles. The van der Waals surface area contributed by atoms with Crippen molar-refractivity contribution in [3.63, 3.8) is 0 Å². The largest absolute Gasteiger partial charge is 1.00 e. The van der Waals surface area contributed by atoms with E-state index in [9.17, 15) is 52.0 Å². The molecule has 30 atom stereocenters. The number of aliphatic hydroxyl groups is 6. The summed E-state index contributed by atoms with van der Waals surface area (Å²) in [5.41, 5.74) is -1.96. The van der Waals surface area contributed by atoms with Gasteiger partial charge in [0.05, 0.1) is 137 Å². The van der Waals surface area contributed by atoms with E-state index in [-0.39, 0.29) is 233 Å². The Morgan fingerprint density at radius 3 is 1.14 bits per heavy atom. The van der Waals surface area contributed by atoms with E-state index in [0.29, 0.717) is 102 Å². The zero-order chi connectivity index (χ0) is 100.0. The smallest absolute Gasteiger partial charge is 1.00 e. The number of esters is 1. The average Bonchev–Trinajstić information content (AvgIpc) is 1.55. The monoisotopic (exact) mass is 2260 g/mol. The Morgan fingerprint density at radius 1 is 0.482 bits per heavy atom. The average molecular weight is 2270 g/mol. The number of carbonyl (C=O) groups excluding carboxylic acids is 2. The SMILES string of the molecule is CC1(C)OC2[C@H]3C[C@@](O)(C[C@H]2O1)[C@H](CCI)O3.CC1(C)OC2[C@H]3C[C@@](O)(C[C@H]2O1)[C@H](CCO)O3.CC1(C)OC2[C@H]3C[C@]4(C[C@H]2O1)OC(=O)C[C@@H]4O3.C[C@H](CC(O)CCC1O[C@@H]2C[C@@]1(O)C[C@H]1OC(C)(C)OC21)[C@H](C)O[Si](C)(C)C(C)(C)C.C[C@H](CC=O)[C@H](C)O[Si](C)(C)C(C)(C)C.Cc1ccc(S(=O)(=O)Cl)cc1.Cc1ccc(S(=O)(=O)OCC[C@@H]2O[C@@H]3C[C@@]2(O)C[C@H]2OC(C)(C)OC32)cc1.[I-].[Na+]. The van der Waals surface area contributed by atoms with Crippen LogP contribution < -0.4 is 53.5 Å². The van der Waals surface area contributed by atoms with Gasteiger partial charge in [-0.15, -0.1) is 0 Å². The first kappa shape index (κ1) is 119. The van der Waals surface area contributed by atoms with E-state index in [0.717, 1.165) is 34.7 Å². The van der Waals surface area contributed by atoms with Crippen molar-refractivity contribution >= 4 is 81.3 Å². The molecule has 5 saturated carbocycles. The fourth-order valence-electron chi connectivity index (χ4n) is 21.8. The number of hydrogen-bond donors (Lipinski definition) is 6. The van der Waals surface area contributed by atoms with Gasteiger partial charge < -0.3 is 144 Å². The van der Waals surface area contributed by atoms with Gasteiger partial charge >= 0.3 is 35.5 Å². The summed E-state index contributed by atoms with van der Waals surface area (Å²) in [5, 5.41) is 63.6. The molecule has 18 rings (SSSR count). The van der Waals surface area contributed by atoms with Gasteiger partial charge in [0.2, 0.25) is 0 Å². The quantitative estimate of drug-likeness (QED) is 0.0116. The van der Waals surface area contributed by atoms with Crippen molar-refractivity contribution in [1.82, 2.24) is 0 Å². The Morgan fingerprint density at radius 2 is 0.796 bits per heavy atom. The molecular weight excluding hydrogens is 2110 g/mol. The predicted molar refractivity (Wildman–Crippen MR) is 515 cm³/mol. The third kappa shape index (κ3) is 28.5. The number of carbonyl (C=O) groups is 2. The summed E-state index contributed by atoms with van der Waals surface area (Å²) in [4.78, 5) is 22.1. The summed E-state index contributed by atoms with van der Waals surface area (Å²) in [6.45, 7) is 53.6. The van der Waals surface area contributed by atoms with Crippen LogP contribution in [0.3, 0.4) is 0 Å². The summed E-state index contributed by atoms with van der Waals surface area (Å²) in [6.07, 6.45) is 8.65. The molecule has 11 saturated heterocycles. The van der Waals surface area contributed by atoms with Crippen LogP contribution in [0.15, 0.2) is 58.3 Å². The van der Waals surface area contributed by atoms with Crippen molar-refractivity contribution in [2.75, 3.05) is 17.6 Å². The molecular formula is C98H160ClI2NaO31S2Si2. The van der Waals surface area contributed by atoms with Crippen LogP contribution in [0, 0.1) is 25.7 Å². The summed E-state index contributed by atoms with van der Waals surface area (Å²) < 4.78 is 159. The van der Waals surface area contributed by atoms with Crippen molar-refractivity contribution in [2.45, 2.75) is 511 Å². The molecule has 10 bridgehead atoms. The van der Waals surface area contributed by atoms with E-state index >= 15 is 0 Å². The minimum Gasteiger partial charge on any atom is -1.00 e. The Bertz CT molecular complexity index is 4510. The van der Waals surface area contributed by atoms with Crippen molar-refractivity contribution in [2.24, 2.45) is 11.8 Å². The van der Waals surface area contributed by atoms with E-state index in [1.807, 2.05) is 83.1 Å². The number of fused-ring (bicyclic) bond motifs is 19. The Labute approximate surface area is 873 Å². The maximum absolute atomic E-state index is 12.3. The number of ether oxygens (including phenoxy) is 16. The topological polar surface area (TPSA) is 399 Å². The molecule has 137 heavy (non-hydrogen) atoms. The molecule has 0 amide bonds. The maximum atomic E-state index is 12.3. The van der Waals surface area contributed by atoms with Gasteiger partial charge in [-0.3, -0.25) is 8.98 Å². The number of aryl methyl sites for hydroxylation is 2. The van der Waals surface area contributed by atoms with Crippen molar-refractivity contribution in [3.05, 3.63) is 59.7 Å². The van der Waals surface area contributed by atoms with E-state index in [4.69, 9.17) is 105 Å². The predicted octanol–water partition coefficient (Wildman–Crippen LogP) is 8.39. The first-order valence-electron chi connectivity index (χ1n) is 48.9. The minimum atomic E-state index is -3.83. The molecule has 16 fully saturated rings. The van der Waals surface area contributed by atoms with E-state index < -0.39 is 105 Å². The zero-order valence-corrected chi connectivity index (χ0v) is 96.5. The van der Waals surface area contributed by atoms with E-state index in [1.54, 1.807) is 24.3 Å². The molecule has 11 heterocycles. The second-order valence-electron chi connectivity index (χ2n) is 46.3. The molecule has 0 radical (unpaired) electrons. The molecule has 1 spiro atoms. The standard InChI is InChI=1S/C24H46O6Si.C19H26O7S.C12H19IO4.C12H16O5.C12H20O5.C12H26O2Si.C7H7ClO2S.HI.Na/c1-15(16(2)30-31(8,9)22(3,4)5)12-17(25)10-11-20-24(26)13-18(27-20)21-19(14-24)28-23(6,7)29-21;1-12-4-6-13(7-5-12)27(21,22)23-9-8-16-19(20)10-14(24-16)17-15(11-19)25-18(2,3)26-17;1-11(2)16-8-6-12(14)5-7(10(8)17-11)15-9(12)3-4-13;1-11(2)15-7-5-12-4-6(10(7)17-11)14-8(12)3-9(13)16-12;1-11(2)16-8-6-12(14)5-7(10(8)17-11)15-9(12)3-4-13;1-10(8-9-13)11(2)14-15(6,7)12(3,4)5;1-6-2-4-7(5-3-6)11(8,9)10;;/h15-21,25-26H,10-14H2,1-9H3;4-7,14-17,20H,8-11H2,1-3H3;7-10,14H,3-6H2,1-2H3;6-8,10H,3-5H2,1-2H3;7-10,13-14H,3-6H2,1-2H3;9-11H,8H2,1-7H3;2-5H,1H3;1H;/q;;;;;;;;+1/p-1/t15-,16+,17?,18-,19-,20?,21?,24-;14-,15-,16+,17?,19-;7-,8-,9+,10?,12-;6-,7-,8+,10?,12-;7-,8-,9+,10?,12-;10-,11+;;;/m111111.../s1. The summed E-state index contributed by atoms with van der Waals surface area (Å²) >= 11 is 2.32. The fraction of sp³-hybridized carbons (Fsp3) is 0.857. The van der Waals surface area contributed by atoms with Gasteiger partial charge in [-0.1, -0.05) is 113 Å². The van der Waals surface area contributed by atoms with Crippen LogP contribution >= 0.6 is 33.3 Å². The third-order valence-corrected chi connectivity index (χ3v) is 43.3. The Hall–Kier alpha value is -0.296. The molecule has 6 N–H and O–H groups in total. The first-order valence-corrected chi connectivity index (χ1v) is 59.9. The van der Waals surface area contributed by atoms with Crippen molar-refractivity contribution in [3.8, 4) is 0 Å². The number of aldehydes is 1. The number of aliphatic hydroxyl groups excluding tert-OH is 2. The second kappa shape index (κ2) is 44.7. The van der Waals surface area contributed by atoms with Gasteiger partial charge in [0.25, 0.3) is 19.2 Å². The molecule has 16 aliphatic rings. The van der Waals surface area contributed by atoms with E-state index in [1.165, 1.54) is 24.3 Å². The van der Waals surface area contributed by atoms with Gasteiger partial charge in [-0.05, 0) is 201 Å². The second-order valence-corrected chi connectivity index (χ2v) is 61.1. The van der Waals surface area contributed by atoms with Crippen LogP contribution in [0.1, 0.15) is 265 Å². The van der Waals surface area contributed by atoms with E-state index in [2.05, 4.69) is 118 Å². The van der Waals surface area contributed by atoms with Crippen molar-refractivity contribution < 1.29 is 199 Å². The summed E-state index contributed by atoms with van der Waals surface area (Å²) in [5.74, 6) is -2.56. The van der Waals surface area contributed by atoms with Crippen LogP contribution in [-0.2, 0) is 118 Å². The number of alkyl halides is 1. The molecule has 2 aromatic carbocycles. The molecule has 780 valence electrons. The molecule has 7 unspecified atom stereocenters. The van der Waals surface area contributed by atoms with Crippen LogP contribution in [0.2, 0.25) is 36.3 Å². The normalized spacial score (nSPS) is 38.3. The van der Waals surface area contributed by atoms with Gasteiger partial charge in [-0.2, -0.15) is 8.42 Å². The molecule has 31 nitrogen and oxygen atoms in total. The Balaban J connectivity index is 0.000000168. The van der Waals surface area contributed by atoms with Crippen molar-refractivity contribution in [1.29, 1.82) is 0 Å². The minimum absolute atomic E-state index is 0. The van der Waals surface area contributed by atoms with Crippen LogP contribution in [0.25, 0.3) is 0 Å².